The lowest BCUT2D eigenvalue weighted by molar-refractivity contribution is -0.704. The number of hydrogen-bond acceptors (Lipinski definition) is 0. The molecular formula is C22H43N2+. The minimum atomic E-state index is 0.575. The highest BCUT2D eigenvalue weighted by Crippen LogP contribution is 2.13. The molecule has 0 N–H and O–H groups in total. The first-order chi connectivity index (χ1) is 11.7. The molecule has 1 aromatic rings. The molecule has 2 heteroatoms. The fraction of sp³-hybridized carbons (Fsp3) is 0.864. The third-order valence-corrected chi connectivity index (χ3v) is 5.10. The topological polar surface area (TPSA) is 8.81 Å². The Balaban J connectivity index is 2.39. The van der Waals surface area contributed by atoms with Crippen LogP contribution in [0.3, 0.4) is 0 Å². The second-order valence-electron chi connectivity index (χ2n) is 7.69. The average molecular weight is 336 g/mol. The Morgan fingerprint density at radius 3 is 1.92 bits per heavy atom. The lowest BCUT2D eigenvalue weighted by atomic mass is 10.1. The molecule has 0 aliphatic heterocycles. The molecule has 1 rings (SSSR count). The molecule has 0 fully saturated rings. The zero-order valence-electron chi connectivity index (χ0n) is 17.0. The van der Waals surface area contributed by atoms with Gasteiger partial charge in [-0.25, -0.2) is 9.13 Å². The molecule has 0 saturated heterocycles. The van der Waals surface area contributed by atoms with Gasteiger partial charge in [-0.1, -0.05) is 71.6 Å². The van der Waals surface area contributed by atoms with E-state index in [0.29, 0.717) is 6.04 Å². The van der Waals surface area contributed by atoms with Crippen LogP contribution in [-0.2, 0) is 13.0 Å². The molecule has 0 aromatic carbocycles. The number of unbranched alkanes of at least 4 members (excludes halogenated alkanes) is 10. The quantitative estimate of drug-likeness (QED) is 0.251. The van der Waals surface area contributed by atoms with Gasteiger partial charge in [0.15, 0.2) is 0 Å². The van der Waals surface area contributed by atoms with Gasteiger partial charge in [0.25, 0.3) is 5.82 Å². The van der Waals surface area contributed by atoms with Gasteiger partial charge in [0.05, 0.1) is 12.6 Å². The van der Waals surface area contributed by atoms with Crippen molar-refractivity contribution >= 4 is 0 Å². The third kappa shape index (κ3) is 8.35. The van der Waals surface area contributed by atoms with Gasteiger partial charge in [-0.3, -0.25) is 0 Å². The molecule has 0 bridgehead atoms. The lowest BCUT2D eigenvalue weighted by Crippen LogP contribution is -2.37. The summed E-state index contributed by atoms with van der Waals surface area (Å²) < 4.78 is 5.02. The van der Waals surface area contributed by atoms with E-state index in [1.165, 1.54) is 90.0 Å². The van der Waals surface area contributed by atoms with Crippen molar-refractivity contribution in [2.75, 3.05) is 0 Å². The van der Waals surface area contributed by atoms with E-state index in [0.717, 1.165) is 0 Å². The first kappa shape index (κ1) is 21.3. The predicted molar refractivity (Wildman–Crippen MR) is 105 cm³/mol. The number of aromatic nitrogens is 2. The Labute approximate surface area is 151 Å². The first-order valence-corrected chi connectivity index (χ1v) is 10.8. The highest BCUT2D eigenvalue weighted by atomic mass is 15.2. The molecule has 0 spiro atoms. The van der Waals surface area contributed by atoms with Crippen LogP contribution in [0.2, 0.25) is 0 Å². The van der Waals surface area contributed by atoms with Gasteiger partial charge in [-0.15, -0.1) is 0 Å². The van der Waals surface area contributed by atoms with Crippen LogP contribution in [0.1, 0.15) is 117 Å². The molecule has 0 amide bonds. The highest BCUT2D eigenvalue weighted by Gasteiger charge is 2.18. The van der Waals surface area contributed by atoms with Gasteiger partial charge in [0, 0.05) is 6.42 Å². The maximum absolute atomic E-state index is 2.53. The van der Waals surface area contributed by atoms with E-state index in [-0.39, 0.29) is 0 Å². The van der Waals surface area contributed by atoms with Gasteiger partial charge in [0.2, 0.25) is 0 Å². The lowest BCUT2D eigenvalue weighted by Gasteiger charge is -2.08. The summed E-state index contributed by atoms with van der Waals surface area (Å²) in [6, 6.07) is 0.575. The Morgan fingerprint density at radius 1 is 0.792 bits per heavy atom. The standard InChI is InChI=1S/C22H43N2/c1-5-7-9-11-12-14-16-18-23-19-20-24(21(3)4)22(23)17-15-13-10-8-6-2/h19-21H,5-18H2,1-4H3/q+1. The molecule has 140 valence electrons. The largest absolute Gasteiger partial charge is 0.256 e. The van der Waals surface area contributed by atoms with Crippen molar-refractivity contribution in [3.63, 3.8) is 0 Å². The Bertz CT molecular complexity index is 406. The second kappa shape index (κ2) is 13.5. The van der Waals surface area contributed by atoms with Crippen LogP contribution in [-0.4, -0.2) is 4.57 Å². The van der Waals surface area contributed by atoms with Gasteiger partial charge in [0.1, 0.15) is 12.4 Å². The molecule has 2 nitrogen and oxygen atoms in total. The summed E-state index contributed by atoms with van der Waals surface area (Å²) in [6.07, 6.45) is 22.5. The van der Waals surface area contributed by atoms with Gasteiger partial charge >= 0.3 is 0 Å². The summed E-state index contributed by atoms with van der Waals surface area (Å²) in [6.45, 7) is 10.4. The third-order valence-electron chi connectivity index (χ3n) is 5.10. The Hall–Kier alpha value is -0.790. The van der Waals surface area contributed by atoms with Crippen molar-refractivity contribution in [2.24, 2.45) is 0 Å². The van der Waals surface area contributed by atoms with Crippen molar-refractivity contribution in [1.29, 1.82) is 0 Å². The zero-order chi connectivity index (χ0) is 17.6. The highest BCUT2D eigenvalue weighted by molar-refractivity contribution is 4.86. The number of hydrogen-bond donors (Lipinski definition) is 0. The van der Waals surface area contributed by atoms with Crippen molar-refractivity contribution in [3.05, 3.63) is 18.2 Å². The Morgan fingerprint density at radius 2 is 1.33 bits per heavy atom. The van der Waals surface area contributed by atoms with Gasteiger partial charge < -0.3 is 0 Å². The minimum absolute atomic E-state index is 0.575. The van der Waals surface area contributed by atoms with E-state index >= 15 is 0 Å². The van der Waals surface area contributed by atoms with Crippen LogP contribution in [0.25, 0.3) is 0 Å². The molecule has 0 radical (unpaired) electrons. The minimum Gasteiger partial charge on any atom is -0.234 e. The van der Waals surface area contributed by atoms with Gasteiger partial charge in [-0.05, 0) is 33.1 Å². The van der Waals surface area contributed by atoms with Crippen LogP contribution in [0, 0.1) is 0 Å². The van der Waals surface area contributed by atoms with E-state index in [1.54, 1.807) is 5.82 Å². The van der Waals surface area contributed by atoms with Crippen molar-refractivity contribution in [1.82, 2.24) is 4.57 Å². The van der Waals surface area contributed by atoms with E-state index in [2.05, 4.69) is 49.2 Å². The molecule has 1 aromatic heterocycles. The SMILES string of the molecule is CCCCCCCCC[n+]1ccn(C(C)C)c1CCCCCCC. The van der Waals surface area contributed by atoms with Crippen LogP contribution in [0.5, 0.6) is 0 Å². The summed E-state index contributed by atoms with van der Waals surface area (Å²) in [5, 5.41) is 0. The van der Waals surface area contributed by atoms with E-state index in [9.17, 15) is 0 Å². The molecule has 0 aliphatic carbocycles. The molecule has 0 unspecified atom stereocenters. The molecule has 1 heterocycles. The second-order valence-corrected chi connectivity index (χ2v) is 7.69. The number of imidazole rings is 1. The number of rotatable bonds is 15. The molecule has 0 atom stereocenters. The summed E-state index contributed by atoms with van der Waals surface area (Å²) in [7, 11) is 0. The van der Waals surface area contributed by atoms with Crippen LogP contribution in [0.4, 0.5) is 0 Å². The van der Waals surface area contributed by atoms with E-state index < -0.39 is 0 Å². The predicted octanol–water partition coefficient (Wildman–Crippen LogP) is 6.62. The maximum Gasteiger partial charge on any atom is 0.256 e. The number of nitrogens with zero attached hydrogens (tertiary/aromatic N) is 2. The summed E-state index contributed by atoms with van der Waals surface area (Å²) in [4.78, 5) is 0. The first-order valence-electron chi connectivity index (χ1n) is 10.8. The molecule has 0 saturated carbocycles. The number of aryl methyl sites for hydroxylation is 1. The maximum atomic E-state index is 2.53. The smallest absolute Gasteiger partial charge is 0.234 e. The fourth-order valence-electron chi connectivity index (χ4n) is 3.55. The average Bonchev–Trinajstić information content (AvgIpc) is 2.97. The van der Waals surface area contributed by atoms with E-state index in [1.807, 2.05) is 0 Å². The van der Waals surface area contributed by atoms with Crippen molar-refractivity contribution in [2.45, 2.75) is 124 Å². The van der Waals surface area contributed by atoms with Crippen molar-refractivity contribution in [3.8, 4) is 0 Å². The van der Waals surface area contributed by atoms with Crippen LogP contribution in [0.15, 0.2) is 12.4 Å². The zero-order valence-corrected chi connectivity index (χ0v) is 17.0. The summed E-state index contributed by atoms with van der Waals surface area (Å²) in [5.41, 5.74) is 0. The van der Waals surface area contributed by atoms with E-state index in [4.69, 9.17) is 0 Å². The normalized spacial score (nSPS) is 11.5. The monoisotopic (exact) mass is 335 g/mol. The van der Waals surface area contributed by atoms with Crippen LogP contribution < -0.4 is 4.57 Å². The summed E-state index contributed by atoms with van der Waals surface area (Å²) in [5.74, 6) is 1.55. The van der Waals surface area contributed by atoms with Crippen LogP contribution >= 0.6 is 0 Å². The Kier molecular flexibility index (Phi) is 12.0. The fourth-order valence-corrected chi connectivity index (χ4v) is 3.55. The summed E-state index contributed by atoms with van der Waals surface area (Å²) >= 11 is 0. The molecule has 0 aliphatic rings. The molecular weight excluding hydrogens is 292 g/mol. The van der Waals surface area contributed by atoms with Gasteiger partial charge in [-0.2, -0.15) is 0 Å². The van der Waals surface area contributed by atoms with Crippen molar-refractivity contribution < 1.29 is 4.57 Å². The molecule has 24 heavy (non-hydrogen) atoms.